The zero-order valence-corrected chi connectivity index (χ0v) is 11.2. The van der Waals surface area contributed by atoms with Crippen LogP contribution in [0.4, 0.5) is 0 Å². The van der Waals surface area contributed by atoms with Gasteiger partial charge in [0.15, 0.2) is 0 Å². The number of benzene rings is 2. The van der Waals surface area contributed by atoms with E-state index in [9.17, 15) is 5.11 Å². The van der Waals surface area contributed by atoms with Crippen molar-refractivity contribution in [3.05, 3.63) is 42.0 Å². The zero-order valence-electron chi connectivity index (χ0n) is 11.2. The summed E-state index contributed by atoms with van der Waals surface area (Å²) >= 11 is 0. The molecule has 3 rings (SSSR count). The summed E-state index contributed by atoms with van der Waals surface area (Å²) in [6.45, 7) is 3.04. The molecule has 0 radical (unpaired) electrons. The molecule has 0 fully saturated rings. The third-order valence-corrected chi connectivity index (χ3v) is 3.61. The van der Waals surface area contributed by atoms with Crippen LogP contribution < -0.4 is 4.74 Å². The van der Waals surface area contributed by atoms with Crippen LogP contribution in [0.5, 0.6) is 5.75 Å². The highest BCUT2D eigenvalue weighted by molar-refractivity contribution is 6.10. The molecule has 3 nitrogen and oxygen atoms in total. The van der Waals surface area contributed by atoms with Crippen molar-refractivity contribution in [2.24, 2.45) is 0 Å². The largest absolute Gasteiger partial charge is 0.495 e. The Balaban J connectivity index is 2.54. The van der Waals surface area contributed by atoms with Crippen molar-refractivity contribution in [2.75, 3.05) is 7.11 Å². The lowest BCUT2D eigenvalue weighted by molar-refractivity contribution is 0.281. The molecule has 0 unspecified atom stereocenters. The van der Waals surface area contributed by atoms with Gasteiger partial charge in [-0.05, 0) is 30.7 Å². The number of aromatic nitrogens is 1. The van der Waals surface area contributed by atoms with Crippen molar-refractivity contribution in [3.63, 3.8) is 0 Å². The van der Waals surface area contributed by atoms with E-state index in [2.05, 4.69) is 23.6 Å². The number of aliphatic hydroxyl groups is 1. The lowest BCUT2D eigenvalue weighted by Gasteiger charge is -2.09. The van der Waals surface area contributed by atoms with Crippen molar-refractivity contribution in [1.82, 2.24) is 4.57 Å². The summed E-state index contributed by atoms with van der Waals surface area (Å²) in [6, 6.07) is 12.3. The number of fused-ring (bicyclic) bond motifs is 3. The maximum absolute atomic E-state index is 9.39. The Morgan fingerprint density at radius 3 is 2.63 bits per heavy atom. The first-order chi connectivity index (χ1) is 9.30. The molecule has 0 aliphatic rings. The third kappa shape index (κ3) is 1.70. The van der Waals surface area contributed by atoms with Crippen LogP contribution in [0, 0.1) is 0 Å². The minimum Gasteiger partial charge on any atom is -0.495 e. The van der Waals surface area contributed by atoms with E-state index < -0.39 is 0 Å². The Labute approximate surface area is 112 Å². The van der Waals surface area contributed by atoms with Crippen molar-refractivity contribution < 1.29 is 9.84 Å². The Hall–Kier alpha value is -2.00. The van der Waals surface area contributed by atoms with Gasteiger partial charge in [-0.25, -0.2) is 0 Å². The lowest BCUT2D eigenvalue weighted by Crippen LogP contribution is -1.96. The van der Waals surface area contributed by atoms with Gasteiger partial charge in [0, 0.05) is 22.8 Å². The molecule has 0 bridgehead atoms. The number of rotatable bonds is 3. The quantitative estimate of drug-likeness (QED) is 0.779. The number of hydrogen-bond donors (Lipinski definition) is 1. The summed E-state index contributed by atoms with van der Waals surface area (Å²) in [5, 5.41) is 11.7. The van der Waals surface area contributed by atoms with E-state index in [1.54, 1.807) is 7.11 Å². The number of aliphatic hydroxyl groups excluding tert-OH is 1. The molecule has 0 aliphatic carbocycles. The predicted octanol–water partition coefficient (Wildman–Crippen LogP) is 3.32. The average Bonchev–Trinajstić information content (AvgIpc) is 2.80. The molecule has 0 saturated carbocycles. The number of hydrogen-bond acceptors (Lipinski definition) is 2. The van der Waals surface area contributed by atoms with Crippen LogP contribution in [0.3, 0.4) is 0 Å². The van der Waals surface area contributed by atoms with Gasteiger partial charge in [-0.2, -0.15) is 0 Å². The highest BCUT2D eigenvalue weighted by Gasteiger charge is 2.14. The highest BCUT2D eigenvalue weighted by atomic mass is 16.5. The molecular formula is C16H17NO2. The van der Waals surface area contributed by atoms with Gasteiger partial charge in [0.1, 0.15) is 5.75 Å². The zero-order chi connectivity index (χ0) is 13.4. The average molecular weight is 255 g/mol. The summed E-state index contributed by atoms with van der Waals surface area (Å²) in [6.07, 6.45) is 0. The number of ether oxygens (including phenoxy) is 1. The first kappa shape index (κ1) is 12.1. The normalized spacial score (nSPS) is 11.3. The van der Waals surface area contributed by atoms with E-state index in [0.29, 0.717) is 0 Å². The molecule has 0 saturated heterocycles. The van der Waals surface area contributed by atoms with Gasteiger partial charge >= 0.3 is 0 Å². The SMILES string of the molecule is CCn1c2ccccc2c2cc(CO)cc(OC)c21. The first-order valence-electron chi connectivity index (χ1n) is 6.48. The van der Waals surface area contributed by atoms with Crippen molar-refractivity contribution in [2.45, 2.75) is 20.1 Å². The minimum absolute atomic E-state index is 0.0257. The Morgan fingerprint density at radius 1 is 1.16 bits per heavy atom. The second kappa shape index (κ2) is 4.59. The highest BCUT2D eigenvalue weighted by Crippen LogP contribution is 2.35. The predicted molar refractivity (Wildman–Crippen MR) is 77.6 cm³/mol. The van der Waals surface area contributed by atoms with Gasteiger partial charge in [-0.3, -0.25) is 0 Å². The van der Waals surface area contributed by atoms with Crippen LogP contribution in [0.2, 0.25) is 0 Å². The molecule has 0 amide bonds. The molecule has 0 aliphatic heterocycles. The van der Waals surface area contributed by atoms with E-state index in [-0.39, 0.29) is 6.61 Å². The smallest absolute Gasteiger partial charge is 0.143 e. The maximum Gasteiger partial charge on any atom is 0.143 e. The molecule has 0 spiro atoms. The van der Waals surface area contributed by atoms with Crippen LogP contribution in [0.15, 0.2) is 36.4 Å². The van der Waals surface area contributed by atoms with Gasteiger partial charge in [0.05, 0.1) is 19.2 Å². The Kier molecular flexibility index (Phi) is 2.91. The first-order valence-corrected chi connectivity index (χ1v) is 6.48. The molecule has 3 heteroatoms. The molecule has 1 aromatic heterocycles. The van der Waals surface area contributed by atoms with Crippen LogP contribution in [-0.4, -0.2) is 16.8 Å². The van der Waals surface area contributed by atoms with Gasteiger partial charge in [-0.1, -0.05) is 18.2 Å². The van der Waals surface area contributed by atoms with Crippen LogP contribution >= 0.6 is 0 Å². The van der Waals surface area contributed by atoms with E-state index >= 15 is 0 Å². The topological polar surface area (TPSA) is 34.4 Å². The second-order valence-corrected chi connectivity index (χ2v) is 4.61. The van der Waals surface area contributed by atoms with Crippen LogP contribution in [-0.2, 0) is 13.2 Å². The molecule has 3 aromatic rings. The molecule has 1 N–H and O–H groups in total. The molecular weight excluding hydrogens is 238 g/mol. The van der Waals surface area contributed by atoms with Gasteiger partial charge in [0.25, 0.3) is 0 Å². The monoisotopic (exact) mass is 255 g/mol. The third-order valence-electron chi connectivity index (χ3n) is 3.61. The number of para-hydroxylation sites is 1. The molecule has 2 aromatic carbocycles. The fourth-order valence-corrected chi connectivity index (χ4v) is 2.78. The maximum atomic E-state index is 9.39. The van der Waals surface area contributed by atoms with Crippen molar-refractivity contribution in [1.29, 1.82) is 0 Å². The van der Waals surface area contributed by atoms with Gasteiger partial charge in [0.2, 0.25) is 0 Å². The summed E-state index contributed by atoms with van der Waals surface area (Å²) in [5.41, 5.74) is 3.18. The van der Waals surface area contributed by atoms with Gasteiger partial charge in [-0.15, -0.1) is 0 Å². The summed E-state index contributed by atoms with van der Waals surface area (Å²) in [5.74, 6) is 0.819. The number of methoxy groups -OCH3 is 1. The Bertz CT molecular complexity index is 743. The lowest BCUT2D eigenvalue weighted by atomic mass is 10.1. The van der Waals surface area contributed by atoms with Gasteiger partial charge < -0.3 is 14.4 Å². The van der Waals surface area contributed by atoms with Crippen LogP contribution in [0.1, 0.15) is 12.5 Å². The number of nitrogens with zero attached hydrogens (tertiary/aromatic N) is 1. The summed E-state index contributed by atoms with van der Waals surface area (Å²) < 4.78 is 7.76. The fourth-order valence-electron chi connectivity index (χ4n) is 2.78. The summed E-state index contributed by atoms with van der Waals surface area (Å²) in [7, 11) is 1.67. The van der Waals surface area contributed by atoms with Crippen LogP contribution in [0.25, 0.3) is 21.8 Å². The van der Waals surface area contributed by atoms with E-state index in [1.807, 2.05) is 24.3 Å². The molecule has 1 heterocycles. The fraction of sp³-hybridized carbons (Fsp3) is 0.250. The molecule has 98 valence electrons. The minimum atomic E-state index is 0.0257. The van der Waals surface area contributed by atoms with E-state index in [1.165, 1.54) is 10.9 Å². The van der Waals surface area contributed by atoms with Crippen molar-refractivity contribution >= 4 is 21.8 Å². The van der Waals surface area contributed by atoms with Crippen molar-refractivity contribution in [3.8, 4) is 5.75 Å². The Morgan fingerprint density at radius 2 is 1.95 bits per heavy atom. The number of aryl methyl sites for hydroxylation is 1. The molecule has 0 atom stereocenters. The van der Waals surface area contributed by atoms with E-state index in [4.69, 9.17) is 4.74 Å². The standard InChI is InChI=1S/C16H17NO2/c1-3-17-14-7-5-4-6-12(14)13-8-11(10-18)9-15(19-2)16(13)17/h4-9,18H,3,10H2,1-2H3. The summed E-state index contributed by atoms with van der Waals surface area (Å²) in [4.78, 5) is 0. The second-order valence-electron chi connectivity index (χ2n) is 4.61. The van der Waals surface area contributed by atoms with E-state index in [0.717, 1.165) is 28.8 Å². The molecule has 19 heavy (non-hydrogen) atoms.